The van der Waals surface area contributed by atoms with E-state index in [2.05, 4.69) is 35.1 Å². The second kappa shape index (κ2) is 12.4. The van der Waals surface area contributed by atoms with Gasteiger partial charge in [0, 0.05) is 17.0 Å². The molecule has 1 amide bonds. The Bertz CT molecular complexity index is 1350. The van der Waals surface area contributed by atoms with E-state index in [1.807, 2.05) is 4.57 Å². The molecule has 0 radical (unpaired) electrons. The smallest absolute Gasteiger partial charge is 0.235 e. The van der Waals surface area contributed by atoms with Crippen molar-refractivity contribution in [2.75, 3.05) is 32.4 Å². The van der Waals surface area contributed by atoms with Gasteiger partial charge < -0.3 is 19.5 Å². The van der Waals surface area contributed by atoms with E-state index in [1.165, 1.54) is 28.0 Å². The number of methoxy groups -OCH3 is 3. The number of aromatic nitrogens is 3. The summed E-state index contributed by atoms with van der Waals surface area (Å²) < 4.78 is 18.3. The van der Waals surface area contributed by atoms with E-state index in [4.69, 9.17) is 14.2 Å². The zero-order chi connectivity index (χ0) is 27.2. The highest BCUT2D eigenvalue weighted by molar-refractivity contribution is 7.99. The van der Waals surface area contributed by atoms with E-state index in [9.17, 15) is 10.1 Å². The Labute approximate surface area is 230 Å². The lowest BCUT2D eigenvalue weighted by atomic mass is 9.86. The molecule has 2 aromatic heterocycles. The summed E-state index contributed by atoms with van der Waals surface area (Å²) in [6, 6.07) is 5.92. The minimum Gasteiger partial charge on any atom is -0.493 e. The average Bonchev–Trinajstić information content (AvgIpc) is 3.50. The van der Waals surface area contributed by atoms with Crippen molar-refractivity contribution >= 4 is 34.0 Å². The third-order valence-electron chi connectivity index (χ3n) is 6.59. The number of ether oxygens (including phenoxy) is 3. The van der Waals surface area contributed by atoms with Gasteiger partial charge in [-0.15, -0.1) is 28.1 Å². The number of amides is 1. The number of hydrogen-bond acceptors (Lipinski definition) is 9. The molecule has 1 aliphatic rings. The molecule has 1 unspecified atom stereocenters. The Kier molecular flexibility index (Phi) is 8.97. The zero-order valence-electron chi connectivity index (χ0n) is 22.0. The molecule has 1 N–H and O–H groups in total. The number of thioether (sulfide) groups is 1. The molecule has 1 atom stereocenters. The van der Waals surface area contributed by atoms with Crippen LogP contribution in [0.1, 0.15) is 35.8 Å². The van der Waals surface area contributed by atoms with Crippen LogP contribution in [0.2, 0.25) is 0 Å². The molecule has 11 heteroatoms. The number of rotatable bonds is 11. The molecule has 9 nitrogen and oxygen atoms in total. The fourth-order valence-corrected chi connectivity index (χ4v) is 6.69. The molecule has 0 spiro atoms. The van der Waals surface area contributed by atoms with Crippen LogP contribution in [0.5, 0.6) is 17.2 Å². The molecular formula is C27H31N5O4S2. The normalized spacial score (nSPS) is 14.3. The van der Waals surface area contributed by atoms with Gasteiger partial charge in [0.25, 0.3) is 0 Å². The third kappa shape index (κ3) is 5.51. The highest BCUT2D eigenvalue weighted by Crippen LogP contribution is 2.42. The number of anilines is 1. The molecule has 200 valence electrons. The second-order valence-corrected chi connectivity index (χ2v) is 10.8. The molecular weight excluding hydrogens is 522 g/mol. The van der Waals surface area contributed by atoms with Crippen LogP contribution in [-0.2, 0) is 24.2 Å². The largest absolute Gasteiger partial charge is 0.493 e. The molecule has 0 aliphatic heterocycles. The first-order chi connectivity index (χ1) is 18.5. The first-order valence-electron chi connectivity index (χ1n) is 12.3. The number of nitriles is 1. The summed E-state index contributed by atoms with van der Waals surface area (Å²) in [6.07, 6.45) is 5.83. The fraction of sp³-hybridized carbons (Fsp3) is 0.407. The maximum absolute atomic E-state index is 12.9. The molecule has 0 saturated heterocycles. The number of carbonyl (C=O) groups is 1. The topological polar surface area (TPSA) is 111 Å². The van der Waals surface area contributed by atoms with Crippen LogP contribution in [0.25, 0.3) is 11.4 Å². The Hall–Kier alpha value is -3.49. The molecule has 38 heavy (non-hydrogen) atoms. The highest BCUT2D eigenvalue weighted by atomic mass is 32.2. The summed E-state index contributed by atoms with van der Waals surface area (Å²) in [4.78, 5) is 14.1. The number of nitrogens with zero attached hydrogens (tertiary/aromatic N) is 4. The predicted octanol–water partition coefficient (Wildman–Crippen LogP) is 5.34. The van der Waals surface area contributed by atoms with Gasteiger partial charge in [0.05, 0.1) is 32.6 Å². The Morgan fingerprint density at radius 2 is 2.03 bits per heavy atom. The van der Waals surface area contributed by atoms with Crippen LogP contribution in [0.4, 0.5) is 5.00 Å². The van der Waals surface area contributed by atoms with Crippen LogP contribution in [0.15, 0.2) is 29.9 Å². The quantitative estimate of drug-likeness (QED) is 0.250. The number of hydrogen-bond donors (Lipinski definition) is 1. The van der Waals surface area contributed by atoms with Gasteiger partial charge in [-0.1, -0.05) is 31.2 Å². The third-order valence-corrected chi connectivity index (χ3v) is 8.73. The summed E-state index contributed by atoms with van der Waals surface area (Å²) in [5.41, 5.74) is 2.43. The van der Waals surface area contributed by atoms with E-state index in [1.54, 1.807) is 39.5 Å². The molecule has 2 heterocycles. The summed E-state index contributed by atoms with van der Waals surface area (Å²) in [7, 11) is 4.66. The van der Waals surface area contributed by atoms with Gasteiger partial charge in [0.1, 0.15) is 11.1 Å². The molecule has 0 bridgehead atoms. The predicted molar refractivity (Wildman–Crippen MR) is 150 cm³/mol. The Morgan fingerprint density at radius 3 is 2.63 bits per heavy atom. The molecule has 1 aromatic carbocycles. The van der Waals surface area contributed by atoms with Gasteiger partial charge in [0.2, 0.25) is 11.7 Å². The van der Waals surface area contributed by atoms with Crippen molar-refractivity contribution < 1.29 is 19.0 Å². The van der Waals surface area contributed by atoms with Crippen molar-refractivity contribution in [2.24, 2.45) is 5.92 Å². The minimum absolute atomic E-state index is 0.121. The van der Waals surface area contributed by atoms with Gasteiger partial charge in [-0.3, -0.25) is 9.36 Å². The lowest BCUT2D eigenvalue weighted by molar-refractivity contribution is -0.113. The van der Waals surface area contributed by atoms with Crippen molar-refractivity contribution in [1.29, 1.82) is 5.26 Å². The van der Waals surface area contributed by atoms with Crippen molar-refractivity contribution in [1.82, 2.24) is 14.8 Å². The summed E-state index contributed by atoms with van der Waals surface area (Å²) in [6.45, 7) is 6.50. The van der Waals surface area contributed by atoms with E-state index in [0.717, 1.165) is 36.8 Å². The maximum atomic E-state index is 12.9. The molecule has 3 aromatic rings. The van der Waals surface area contributed by atoms with Gasteiger partial charge in [-0.2, -0.15) is 5.26 Å². The monoisotopic (exact) mass is 553 g/mol. The highest BCUT2D eigenvalue weighted by Gasteiger charge is 2.26. The number of benzene rings is 1. The van der Waals surface area contributed by atoms with Crippen LogP contribution in [0.3, 0.4) is 0 Å². The lowest BCUT2D eigenvalue weighted by Crippen LogP contribution is -2.15. The second-order valence-electron chi connectivity index (χ2n) is 8.79. The first kappa shape index (κ1) is 27.5. The SMILES string of the molecule is C=CCn1c(SCC(=O)Nc2sc3c(c2C#N)CCC(CC)C3)nnc1-c1cc(OC)c(OC)c(OC)c1. The average molecular weight is 554 g/mol. The van der Waals surface area contributed by atoms with Gasteiger partial charge >= 0.3 is 0 Å². The van der Waals surface area contributed by atoms with Crippen LogP contribution < -0.4 is 19.5 Å². The number of thiophene rings is 1. The van der Waals surface area contributed by atoms with Crippen LogP contribution >= 0.6 is 23.1 Å². The lowest BCUT2D eigenvalue weighted by Gasteiger charge is -2.20. The van der Waals surface area contributed by atoms with Crippen molar-refractivity contribution in [3.8, 4) is 34.7 Å². The number of allylic oxidation sites excluding steroid dienone is 1. The summed E-state index contributed by atoms with van der Waals surface area (Å²) >= 11 is 2.81. The summed E-state index contributed by atoms with van der Waals surface area (Å²) in [5, 5.41) is 22.7. The van der Waals surface area contributed by atoms with Crippen LogP contribution in [0, 0.1) is 17.2 Å². The van der Waals surface area contributed by atoms with E-state index in [-0.39, 0.29) is 11.7 Å². The number of nitrogens with one attached hydrogen (secondary N) is 1. The van der Waals surface area contributed by atoms with Crippen molar-refractivity contribution in [2.45, 2.75) is 44.3 Å². The first-order valence-corrected chi connectivity index (χ1v) is 14.1. The molecule has 1 aliphatic carbocycles. The fourth-order valence-electron chi connectivity index (χ4n) is 4.61. The standard InChI is InChI=1S/C27H31N5O4S2/c1-6-10-32-25(17-12-20(34-3)24(36-5)21(13-17)35-4)30-31-27(32)37-15-23(33)29-26-19(14-28)18-9-8-16(7-2)11-22(18)38-26/h6,12-13,16H,1,7-11,15H2,2-5H3,(H,29,33). The van der Waals surface area contributed by atoms with Crippen molar-refractivity contribution in [3.63, 3.8) is 0 Å². The number of carbonyl (C=O) groups excluding carboxylic acids is 1. The van der Waals surface area contributed by atoms with E-state index >= 15 is 0 Å². The van der Waals surface area contributed by atoms with E-state index in [0.29, 0.717) is 51.3 Å². The Balaban J connectivity index is 1.53. The van der Waals surface area contributed by atoms with Crippen LogP contribution in [-0.4, -0.2) is 47.8 Å². The van der Waals surface area contributed by atoms with E-state index < -0.39 is 0 Å². The van der Waals surface area contributed by atoms with Gasteiger partial charge in [-0.05, 0) is 42.9 Å². The molecule has 0 fully saturated rings. The minimum atomic E-state index is -0.195. The molecule has 4 rings (SSSR count). The zero-order valence-corrected chi connectivity index (χ0v) is 23.6. The van der Waals surface area contributed by atoms with Gasteiger partial charge in [0.15, 0.2) is 22.5 Å². The number of fused-ring (bicyclic) bond motifs is 1. The van der Waals surface area contributed by atoms with Gasteiger partial charge in [-0.25, -0.2) is 0 Å². The maximum Gasteiger partial charge on any atom is 0.235 e. The molecule has 0 saturated carbocycles. The summed E-state index contributed by atoms with van der Waals surface area (Å²) in [5.74, 6) is 2.63. The Morgan fingerprint density at radius 1 is 1.29 bits per heavy atom. The van der Waals surface area contributed by atoms with Crippen molar-refractivity contribution in [3.05, 3.63) is 40.8 Å².